The number of amides is 1. The number of carbonyl (C=O) groups excluding carboxylic acids is 1. The normalized spacial score (nSPS) is 21.2. The van der Waals surface area contributed by atoms with Gasteiger partial charge in [0.05, 0.1) is 25.4 Å². The van der Waals surface area contributed by atoms with Crippen LogP contribution in [0.1, 0.15) is 239 Å². The minimum Gasteiger partial charge on any atom is -0.394 e. The molecule has 0 aromatic carbocycles. The van der Waals surface area contributed by atoms with Gasteiger partial charge in [-0.05, 0) is 51.4 Å². The zero-order valence-corrected chi connectivity index (χ0v) is 41.0. The zero-order chi connectivity index (χ0) is 46.9. The van der Waals surface area contributed by atoms with Gasteiger partial charge >= 0.3 is 0 Å². The van der Waals surface area contributed by atoms with Crippen LogP contribution in [0.2, 0.25) is 0 Å². The number of hydrogen-bond donors (Lipinski definition) is 8. The second kappa shape index (κ2) is 42.9. The standard InChI is InChI=1S/C53H101NO10/c1-3-5-7-9-11-13-15-17-19-21-23-25-27-29-31-33-35-37-39-41-46(57)52(62)54-44(43-63-53-51(61)50(60)49(59)47(42-55)64-53)48(58)45(56)40-38-36-34-32-30-28-26-24-22-20-18-16-14-12-10-8-6-4-2/h24,26,32,34,44-51,53,55-61H,3-23,25,27-31,33,35-43H2,1-2H3,(H,54,62)/b26-24+,34-32+. The summed E-state index contributed by atoms with van der Waals surface area (Å²) in [6.07, 6.45) is 38.0. The van der Waals surface area contributed by atoms with Gasteiger partial charge in [0.2, 0.25) is 5.91 Å². The molecule has 0 radical (unpaired) electrons. The second-order valence-corrected chi connectivity index (χ2v) is 18.9. The summed E-state index contributed by atoms with van der Waals surface area (Å²) in [4.78, 5) is 13.1. The monoisotopic (exact) mass is 912 g/mol. The first kappa shape index (κ1) is 60.6. The summed E-state index contributed by atoms with van der Waals surface area (Å²) >= 11 is 0. The van der Waals surface area contributed by atoms with Crippen LogP contribution in [0, 0.1) is 0 Å². The highest BCUT2D eigenvalue weighted by Gasteiger charge is 2.44. The molecule has 9 unspecified atom stereocenters. The van der Waals surface area contributed by atoms with Gasteiger partial charge in [-0.3, -0.25) is 4.79 Å². The van der Waals surface area contributed by atoms with Crippen molar-refractivity contribution in [1.82, 2.24) is 5.32 Å². The van der Waals surface area contributed by atoms with Gasteiger partial charge in [0, 0.05) is 0 Å². The molecule has 1 rings (SSSR count). The van der Waals surface area contributed by atoms with Gasteiger partial charge in [0.25, 0.3) is 0 Å². The van der Waals surface area contributed by atoms with Crippen LogP contribution in [-0.2, 0) is 14.3 Å². The highest BCUT2D eigenvalue weighted by Crippen LogP contribution is 2.23. The Morgan fingerprint density at radius 1 is 0.531 bits per heavy atom. The van der Waals surface area contributed by atoms with Gasteiger partial charge < -0.3 is 50.5 Å². The van der Waals surface area contributed by atoms with Crippen molar-refractivity contribution in [1.29, 1.82) is 0 Å². The number of hydrogen-bond acceptors (Lipinski definition) is 10. The molecular formula is C53H101NO10. The summed E-state index contributed by atoms with van der Waals surface area (Å²) in [5.74, 6) is -0.707. The molecule has 0 bridgehead atoms. The van der Waals surface area contributed by atoms with Crippen molar-refractivity contribution < 1.29 is 50.0 Å². The molecule has 1 amide bonds. The molecule has 378 valence electrons. The van der Waals surface area contributed by atoms with E-state index in [1.54, 1.807) is 0 Å². The van der Waals surface area contributed by atoms with E-state index in [1.807, 2.05) is 0 Å². The highest BCUT2D eigenvalue weighted by molar-refractivity contribution is 5.80. The minimum absolute atomic E-state index is 0.248. The molecule has 1 aliphatic rings. The third kappa shape index (κ3) is 31.5. The van der Waals surface area contributed by atoms with E-state index >= 15 is 0 Å². The van der Waals surface area contributed by atoms with Gasteiger partial charge in [-0.15, -0.1) is 0 Å². The van der Waals surface area contributed by atoms with E-state index in [2.05, 4.69) is 43.5 Å². The van der Waals surface area contributed by atoms with Crippen LogP contribution in [0.4, 0.5) is 0 Å². The number of carbonyl (C=O) groups is 1. The van der Waals surface area contributed by atoms with Crippen molar-refractivity contribution in [3.8, 4) is 0 Å². The Labute approximate surface area is 391 Å². The predicted octanol–water partition coefficient (Wildman–Crippen LogP) is 10.2. The first-order valence-corrected chi connectivity index (χ1v) is 26.7. The highest BCUT2D eigenvalue weighted by atomic mass is 16.7. The molecule has 1 saturated heterocycles. The number of aliphatic hydroxyl groups is 7. The summed E-state index contributed by atoms with van der Waals surface area (Å²) in [6.45, 7) is 3.45. The lowest BCUT2D eigenvalue weighted by molar-refractivity contribution is -0.303. The van der Waals surface area contributed by atoms with E-state index in [9.17, 15) is 40.5 Å². The van der Waals surface area contributed by atoms with E-state index < -0.39 is 74.2 Å². The van der Waals surface area contributed by atoms with Gasteiger partial charge in [0.15, 0.2) is 6.29 Å². The Hall–Kier alpha value is -1.41. The van der Waals surface area contributed by atoms with Crippen LogP contribution in [0.5, 0.6) is 0 Å². The Morgan fingerprint density at radius 2 is 0.938 bits per heavy atom. The lowest BCUT2D eigenvalue weighted by Crippen LogP contribution is -2.60. The summed E-state index contributed by atoms with van der Waals surface area (Å²) in [7, 11) is 0. The van der Waals surface area contributed by atoms with E-state index in [-0.39, 0.29) is 12.8 Å². The maximum absolute atomic E-state index is 13.1. The fourth-order valence-electron chi connectivity index (χ4n) is 8.58. The van der Waals surface area contributed by atoms with Gasteiger partial charge in [-0.25, -0.2) is 0 Å². The van der Waals surface area contributed by atoms with E-state index in [0.29, 0.717) is 19.3 Å². The average Bonchev–Trinajstić information content (AvgIpc) is 3.29. The molecule has 0 saturated carbocycles. The summed E-state index contributed by atoms with van der Waals surface area (Å²) in [5, 5.41) is 75.9. The number of aliphatic hydroxyl groups excluding tert-OH is 7. The van der Waals surface area contributed by atoms with Crippen molar-refractivity contribution in [3.63, 3.8) is 0 Å². The second-order valence-electron chi connectivity index (χ2n) is 18.9. The Kier molecular flexibility index (Phi) is 40.6. The summed E-state index contributed by atoms with van der Waals surface area (Å²) in [5.41, 5.74) is 0. The lowest BCUT2D eigenvalue weighted by atomic mass is 9.98. The molecule has 1 aliphatic heterocycles. The third-order valence-corrected chi connectivity index (χ3v) is 13.0. The molecule has 0 aromatic heterocycles. The fourth-order valence-corrected chi connectivity index (χ4v) is 8.58. The van der Waals surface area contributed by atoms with Crippen LogP contribution in [0.15, 0.2) is 24.3 Å². The number of rotatable bonds is 45. The molecule has 11 nitrogen and oxygen atoms in total. The molecule has 11 heteroatoms. The summed E-state index contributed by atoms with van der Waals surface area (Å²) in [6, 6.07) is -1.19. The minimum atomic E-state index is -1.67. The van der Waals surface area contributed by atoms with E-state index in [1.165, 1.54) is 154 Å². The van der Waals surface area contributed by atoms with Crippen molar-refractivity contribution in [2.24, 2.45) is 0 Å². The van der Waals surface area contributed by atoms with Crippen LogP contribution in [-0.4, -0.2) is 110 Å². The van der Waals surface area contributed by atoms with Crippen molar-refractivity contribution in [3.05, 3.63) is 24.3 Å². The number of allylic oxidation sites excluding steroid dienone is 4. The van der Waals surface area contributed by atoms with E-state index in [4.69, 9.17) is 9.47 Å². The van der Waals surface area contributed by atoms with Crippen LogP contribution in [0.3, 0.4) is 0 Å². The lowest BCUT2D eigenvalue weighted by Gasteiger charge is -2.40. The maximum atomic E-state index is 13.1. The summed E-state index contributed by atoms with van der Waals surface area (Å²) < 4.78 is 11.1. The fraction of sp³-hybridized carbons (Fsp3) is 0.906. The SMILES string of the molecule is CCCCCCCCCCC/C=C/CC/C=C/CCCC(O)C(O)C(COC1OC(CO)C(O)C(O)C1O)NC(=O)C(O)CCCCCCCCCCCCCCCCCCCCC. The van der Waals surface area contributed by atoms with Crippen molar-refractivity contribution in [2.75, 3.05) is 13.2 Å². The molecule has 0 spiro atoms. The largest absolute Gasteiger partial charge is 0.394 e. The number of ether oxygens (including phenoxy) is 2. The molecule has 9 atom stereocenters. The zero-order valence-electron chi connectivity index (χ0n) is 41.0. The third-order valence-electron chi connectivity index (χ3n) is 13.0. The topological polar surface area (TPSA) is 189 Å². The van der Waals surface area contributed by atoms with Crippen molar-refractivity contribution >= 4 is 5.91 Å². The molecule has 8 N–H and O–H groups in total. The quantitative estimate of drug-likeness (QED) is 0.0216. The van der Waals surface area contributed by atoms with Crippen LogP contribution < -0.4 is 5.32 Å². The van der Waals surface area contributed by atoms with Gasteiger partial charge in [-0.1, -0.05) is 212 Å². The molecular weight excluding hydrogens is 811 g/mol. The smallest absolute Gasteiger partial charge is 0.249 e. The van der Waals surface area contributed by atoms with Crippen LogP contribution >= 0.6 is 0 Å². The number of nitrogens with one attached hydrogen (secondary N) is 1. The molecule has 0 aromatic rings. The Morgan fingerprint density at radius 3 is 1.39 bits per heavy atom. The molecule has 1 heterocycles. The molecule has 64 heavy (non-hydrogen) atoms. The van der Waals surface area contributed by atoms with Crippen LogP contribution in [0.25, 0.3) is 0 Å². The molecule has 1 fully saturated rings. The van der Waals surface area contributed by atoms with Crippen molar-refractivity contribution in [2.45, 2.75) is 294 Å². The first-order chi connectivity index (χ1) is 31.2. The Bertz CT molecular complexity index is 1090. The maximum Gasteiger partial charge on any atom is 0.249 e. The first-order valence-electron chi connectivity index (χ1n) is 26.7. The van der Waals surface area contributed by atoms with Gasteiger partial charge in [-0.2, -0.15) is 0 Å². The predicted molar refractivity (Wildman–Crippen MR) is 261 cm³/mol. The van der Waals surface area contributed by atoms with E-state index in [0.717, 1.165) is 38.5 Å². The average molecular weight is 912 g/mol. The Balaban J connectivity index is 2.40. The number of unbranched alkanes of at least 4 members (excludes halogenated alkanes) is 29. The molecule has 0 aliphatic carbocycles. The van der Waals surface area contributed by atoms with Gasteiger partial charge in [0.1, 0.15) is 36.6 Å².